The normalized spacial score (nSPS) is 19.0. The summed E-state index contributed by atoms with van der Waals surface area (Å²) in [4.78, 5) is 11.5. The van der Waals surface area contributed by atoms with Crippen molar-refractivity contribution in [1.29, 1.82) is 5.26 Å². The molecular formula is C11H19N3O. The van der Waals surface area contributed by atoms with Crippen LogP contribution in [0.3, 0.4) is 0 Å². The third kappa shape index (κ3) is 4.30. The fraction of sp³-hybridized carbons (Fsp3) is 0.818. The second-order valence-corrected chi connectivity index (χ2v) is 4.24. The maximum absolute atomic E-state index is 11.5. The number of nitrogens with zero attached hydrogens (tertiary/aromatic N) is 1. The average Bonchev–Trinajstić information content (AvgIpc) is 2.99. The molecule has 3 N–H and O–H groups in total. The molecule has 0 aliphatic heterocycles. The molecule has 1 fully saturated rings. The van der Waals surface area contributed by atoms with Crippen LogP contribution in [0.5, 0.6) is 0 Å². The quantitative estimate of drug-likeness (QED) is 0.682. The Morgan fingerprint density at radius 2 is 2.33 bits per heavy atom. The van der Waals surface area contributed by atoms with Crippen LogP contribution >= 0.6 is 0 Å². The minimum absolute atomic E-state index is 0.00425. The molecule has 1 rings (SSSR count). The maximum atomic E-state index is 11.5. The van der Waals surface area contributed by atoms with Crippen molar-refractivity contribution in [2.75, 3.05) is 0 Å². The molecule has 4 nitrogen and oxygen atoms in total. The second-order valence-electron chi connectivity index (χ2n) is 4.24. The molecule has 0 saturated heterocycles. The molecule has 2 atom stereocenters. The third-order valence-electron chi connectivity index (χ3n) is 2.84. The summed E-state index contributed by atoms with van der Waals surface area (Å²) in [5.41, 5.74) is 5.85. The highest BCUT2D eigenvalue weighted by molar-refractivity contribution is 5.77. The summed E-state index contributed by atoms with van der Waals surface area (Å²) in [6.45, 7) is 1.96. The van der Waals surface area contributed by atoms with Crippen molar-refractivity contribution in [1.82, 2.24) is 5.32 Å². The summed E-state index contributed by atoms with van der Waals surface area (Å²) < 4.78 is 0. The molecule has 0 aromatic rings. The third-order valence-corrected chi connectivity index (χ3v) is 2.84. The van der Waals surface area contributed by atoms with Crippen molar-refractivity contribution in [3.8, 4) is 6.07 Å². The summed E-state index contributed by atoms with van der Waals surface area (Å²) in [5.74, 6) is 0.531. The fourth-order valence-corrected chi connectivity index (χ4v) is 1.60. The zero-order chi connectivity index (χ0) is 11.3. The van der Waals surface area contributed by atoms with Crippen molar-refractivity contribution in [2.24, 2.45) is 11.7 Å². The van der Waals surface area contributed by atoms with E-state index in [9.17, 15) is 4.79 Å². The van der Waals surface area contributed by atoms with Gasteiger partial charge in [-0.25, -0.2) is 0 Å². The number of amides is 1. The second kappa shape index (κ2) is 5.72. The number of carbonyl (C=O) groups excluding carboxylic acids is 1. The smallest absolute Gasteiger partial charge is 0.221 e. The van der Waals surface area contributed by atoms with Crippen molar-refractivity contribution in [3.63, 3.8) is 0 Å². The Morgan fingerprint density at radius 1 is 1.67 bits per heavy atom. The lowest BCUT2D eigenvalue weighted by molar-refractivity contribution is -0.122. The van der Waals surface area contributed by atoms with Crippen molar-refractivity contribution in [2.45, 2.75) is 51.1 Å². The number of nitrogens with one attached hydrogen (secondary N) is 1. The van der Waals surface area contributed by atoms with Gasteiger partial charge in [0.1, 0.15) is 0 Å². The van der Waals surface area contributed by atoms with Gasteiger partial charge in [0.15, 0.2) is 0 Å². The molecule has 0 aromatic carbocycles. The Morgan fingerprint density at radius 3 is 2.80 bits per heavy atom. The molecule has 1 saturated carbocycles. The lowest BCUT2D eigenvalue weighted by atomic mass is 10.1. The van der Waals surface area contributed by atoms with Crippen LogP contribution in [0, 0.1) is 17.2 Å². The van der Waals surface area contributed by atoms with E-state index in [2.05, 4.69) is 11.4 Å². The van der Waals surface area contributed by atoms with Gasteiger partial charge < -0.3 is 11.1 Å². The lowest BCUT2D eigenvalue weighted by Gasteiger charge is -2.15. The average molecular weight is 209 g/mol. The molecule has 0 spiro atoms. The summed E-state index contributed by atoms with van der Waals surface area (Å²) in [7, 11) is 0. The molecule has 1 amide bonds. The first-order valence-electron chi connectivity index (χ1n) is 5.59. The number of carbonyl (C=O) groups is 1. The molecule has 84 valence electrons. The molecule has 2 unspecified atom stereocenters. The Balaban J connectivity index is 2.24. The monoisotopic (exact) mass is 209 g/mol. The van der Waals surface area contributed by atoms with E-state index < -0.39 is 0 Å². The Kier molecular flexibility index (Phi) is 4.57. The highest BCUT2D eigenvalue weighted by atomic mass is 16.1. The van der Waals surface area contributed by atoms with E-state index in [-0.39, 0.29) is 18.0 Å². The number of hydrogen-bond acceptors (Lipinski definition) is 3. The van der Waals surface area contributed by atoms with Crippen LogP contribution < -0.4 is 11.1 Å². The van der Waals surface area contributed by atoms with Crippen LogP contribution in [0.1, 0.15) is 39.0 Å². The van der Waals surface area contributed by atoms with Gasteiger partial charge in [-0.2, -0.15) is 5.26 Å². The molecule has 4 heteroatoms. The first-order chi connectivity index (χ1) is 7.17. The predicted octanol–water partition coefficient (Wildman–Crippen LogP) is 0.922. The van der Waals surface area contributed by atoms with Crippen LogP contribution in [0.4, 0.5) is 0 Å². The minimum Gasteiger partial charge on any atom is -0.352 e. The highest BCUT2D eigenvalue weighted by Gasteiger charge is 2.30. The highest BCUT2D eigenvalue weighted by Crippen LogP contribution is 2.32. The summed E-state index contributed by atoms with van der Waals surface area (Å²) in [6, 6.07) is 2.05. The van der Waals surface area contributed by atoms with Crippen molar-refractivity contribution < 1.29 is 4.79 Å². The zero-order valence-corrected chi connectivity index (χ0v) is 9.20. The molecule has 1 aliphatic carbocycles. The van der Waals surface area contributed by atoms with Gasteiger partial charge in [-0.15, -0.1) is 0 Å². The summed E-state index contributed by atoms with van der Waals surface area (Å²) in [6.07, 6.45) is 3.87. The summed E-state index contributed by atoms with van der Waals surface area (Å²) in [5, 5.41) is 11.4. The molecule has 0 heterocycles. The van der Waals surface area contributed by atoms with E-state index in [0.29, 0.717) is 18.8 Å². The molecule has 0 radical (unpaired) electrons. The van der Waals surface area contributed by atoms with Crippen molar-refractivity contribution >= 4 is 5.91 Å². The van der Waals surface area contributed by atoms with E-state index in [4.69, 9.17) is 11.0 Å². The minimum atomic E-state index is -0.0195. The Labute approximate surface area is 90.8 Å². The van der Waals surface area contributed by atoms with Gasteiger partial charge in [0.2, 0.25) is 5.91 Å². The first-order valence-corrected chi connectivity index (χ1v) is 5.59. The Hall–Kier alpha value is -1.08. The SMILES string of the molecule is CCC(CC#N)NC(=O)CC(N)C1CC1. The van der Waals surface area contributed by atoms with E-state index in [1.807, 2.05) is 6.92 Å². The lowest BCUT2D eigenvalue weighted by Crippen LogP contribution is -2.38. The number of nitriles is 1. The van der Waals surface area contributed by atoms with Gasteiger partial charge in [-0.1, -0.05) is 6.92 Å². The predicted molar refractivity (Wildman–Crippen MR) is 57.8 cm³/mol. The maximum Gasteiger partial charge on any atom is 0.221 e. The molecule has 15 heavy (non-hydrogen) atoms. The van der Waals surface area contributed by atoms with Gasteiger partial charge in [-0.3, -0.25) is 4.79 Å². The Bertz CT molecular complexity index is 255. The molecule has 1 aliphatic rings. The van der Waals surface area contributed by atoms with Crippen molar-refractivity contribution in [3.05, 3.63) is 0 Å². The van der Waals surface area contributed by atoms with E-state index in [1.54, 1.807) is 0 Å². The van der Waals surface area contributed by atoms with Crippen LogP contribution in [-0.4, -0.2) is 18.0 Å². The number of nitrogens with two attached hydrogens (primary N) is 1. The fourth-order valence-electron chi connectivity index (χ4n) is 1.60. The molecule has 0 bridgehead atoms. The first kappa shape index (κ1) is 12.0. The van der Waals surface area contributed by atoms with Gasteiger partial charge in [-0.05, 0) is 25.2 Å². The number of hydrogen-bond donors (Lipinski definition) is 2. The topological polar surface area (TPSA) is 78.9 Å². The van der Waals surface area contributed by atoms with Gasteiger partial charge in [0.05, 0.1) is 12.5 Å². The van der Waals surface area contributed by atoms with Crippen LogP contribution in [0.25, 0.3) is 0 Å². The standard InChI is InChI=1S/C11H19N3O/c1-2-9(5-6-12)14-11(15)7-10(13)8-3-4-8/h8-10H,2-5,7,13H2,1H3,(H,14,15). The van der Waals surface area contributed by atoms with Gasteiger partial charge in [0.25, 0.3) is 0 Å². The van der Waals surface area contributed by atoms with E-state index in [1.165, 1.54) is 0 Å². The molecule has 0 aromatic heterocycles. The van der Waals surface area contributed by atoms with E-state index in [0.717, 1.165) is 19.3 Å². The van der Waals surface area contributed by atoms with Crippen LogP contribution in [0.2, 0.25) is 0 Å². The zero-order valence-electron chi connectivity index (χ0n) is 9.20. The van der Waals surface area contributed by atoms with Gasteiger partial charge in [0, 0.05) is 18.5 Å². The number of rotatable bonds is 6. The molecular weight excluding hydrogens is 190 g/mol. The largest absolute Gasteiger partial charge is 0.352 e. The van der Waals surface area contributed by atoms with E-state index >= 15 is 0 Å². The summed E-state index contributed by atoms with van der Waals surface area (Å²) >= 11 is 0. The van der Waals surface area contributed by atoms with Gasteiger partial charge >= 0.3 is 0 Å². The van der Waals surface area contributed by atoms with Crippen LogP contribution in [-0.2, 0) is 4.79 Å². The van der Waals surface area contributed by atoms with Crippen LogP contribution in [0.15, 0.2) is 0 Å².